The third-order valence-electron chi connectivity index (χ3n) is 4.09. The number of pyridine rings is 1. The number of fused-ring (bicyclic) bond motifs is 1. The maximum Gasteiger partial charge on any atom is 0.224 e. The Morgan fingerprint density at radius 3 is 2.88 bits per heavy atom. The van der Waals surface area contributed by atoms with Crippen LogP contribution in [-0.2, 0) is 11.2 Å². The molecule has 3 aromatic rings. The zero-order valence-electron chi connectivity index (χ0n) is 14.0. The first-order chi connectivity index (χ1) is 12.2. The van der Waals surface area contributed by atoms with Crippen LogP contribution in [0.1, 0.15) is 17.2 Å². The molecule has 0 aliphatic carbocycles. The summed E-state index contributed by atoms with van der Waals surface area (Å²) in [7, 11) is 1.62. The Morgan fingerprint density at radius 1 is 1.24 bits per heavy atom. The minimum absolute atomic E-state index is 0.140. The van der Waals surface area contributed by atoms with Crippen LogP contribution < -0.4 is 10.1 Å². The molecule has 1 heterocycles. The van der Waals surface area contributed by atoms with Gasteiger partial charge in [0.25, 0.3) is 0 Å². The molecule has 2 aromatic carbocycles. The second-order valence-corrected chi connectivity index (χ2v) is 5.79. The normalized spacial score (nSPS) is 11.9. The zero-order valence-corrected chi connectivity index (χ0v) is 14.0. The van der Waals surface area contributed by atoms with Crippen molar-refractivity contribution >= 4 is 16.7 Å². The predicted octanol–water partition coefficient (Wildman–Crippen LogP) is 2.64. The van der Waals surface area contributed by atoms with Gasteiger partial charge in [-0.15, -0.1) is 0 Å². The topological polar surface area (TPSA) is 71.5 Å². The maximum atomic E-state index is 12.3. The van der Waals surface area contributed by atoms with Gasteiger partial charge in [-0.3, -0.25) is 9.78 Å². The molecule has 0 radical (unpaired) electrons. The van der Waals surface area contributed by atoms with E-state index in [2.05, 4.69) is 10.3 Å². The van der Waals surface area contributed by atoms with E-state index in [0.717, 1.165) is 22.1 Å². The molecule has 25 heavy (non-hydrogen) atoms. The Morgan fingerprint density at radius 2 is 2.12 bits per heavy atom. The number of hydrogen-bond acceptors (Lipinski definition) is 4. The Balaban J connectivity index is 1.68. The zero-order chi connectivity index (χ0) is 17.6. The average molecular weight is 336 g/mol. The Kier molecular flexibility index (Phi) is 5.26. The number of ether oxygens (including phenoxy) is 1. The number of aliphatic hydroxyl groups is 1. The highest BCUT2D eigenvalue weighted by molar-refractivity contribution is 5.91. The van der Waals surface area contributed by atoms with E-state index in [1.54, 1.807) is 31.6 Å². The molecular weight excluding hydrogens is 316 g/mol. The van der Waals surface area contributed by atoms with Crippen LogP contribution in [0.5, 0.6) is 5.75 Å². The molecule has 5 nitrogen and oxygen atoms in total. The van der Waals surface area contributed by atoms with E-state index in [0.29, 0.717) is 5.56 Å². The summed E-state index contributed by atoms with van der Waals surface area (Å²) in [5.41, 5.74) is 1.60. The highest BCUT2D eigenvalue weighted by atomic mass is 16.5. The summed E-state index contributed by atoms with van der Waals surface area (Å²) in [4.78, 5) is 16.2. The second-order valence-electron chi connectivity index (χ2n) is 5.79. The quantitative estimate of drug-likeness (QED) is 0.726. The summed E-state index contributed by atoms with van der Waals surface area (Å²) in [6.45, 7) is 0.151. The van der Waals surface area contributed by atoms with Crippen LogP contribution >= 0.6 is 0 Å². The number of nitrogens with one attached hydrogen (secondary N) is 1. The first-order valence-electron chi connectivity index (χ1n) is 8.07. The fourth-order valence-corrected chi connectivity index (χ4v) is 2.73. The van der Waals surface area contributed by atoms with Crippen molar-refractivity contribution in [3.05, 3.63) is 72.1 Å². The van der Waals surface area contributed by atoms with Crippen LogP contribution in [0.4, 0.5) is 0 Å². The third kappa shape index (κ3) is 4.14. The number of aromatic nitrogens is 1. The first kappa shape index (κ1) is 16.9. The van der Waals surface area contributed by atoms with Gasteiger partial charge in [0.2, 0.25) is 5.91 Å². The molecular formula is C20H20N2O3. The Labute approximate surface area is 146 Å². The van der Waals surface area contributed by atoms with E-state index >= 15 is 0 Å². The molecule has 0 saturated carbocycles. The van der Waals surface area contributed by atoms with Crippen molar-refractivity contribution < 1.29 is 14.6 Å². The van der Waals surface area contributed by atoms with Crippen LogP contribution in [0.2, 0.25) is 0 Å². The molecule has 128 valence electrons. The van der Waals surface area contributed by atoms with Crippen molar-refractivity contribution in [3.63, 3.8) is 0 Å². The van der Waals surface area contributed by atoms with E-state index < -0.39 is 6.10 Å². The standard InChI is InChI=1S/C20H20N2O3/c1-25-17-8-7-14-4-2-5-15(18(14)11-17)10-20(24)22-13-19(23)16-6-3-9-21-12-16/h2-9,11-12,19,23H,10,13H2,1H3,(H,22,24). The fraction of sp³-hybridized carbons (Fsp3) is 0.200. The fourth-order valence-electron chi connectivity index (χ4n) is 2.73. The summed E-state index contributed by atoms with van der Waals surface area (Å²) in [5, 5.41) is 14.9. The van der Waals surface area contributed by atoms with Crippen LogP contribution in [0.3, 0.4) is 0 Å². The highest BCUT2D eigenvalue weighted by Crippen LogP contribution is 2.24. The molecule has 1 atom stereocenters. The number of carbonyl (C=O) groups is 1. The van der Waals surface area contributed by atoms with Gasteiger partial charge in [0.15, 0.2) is 0 Å². The van der Waals surface area contributed by atoms with Crippen molar-refractivity contribution in [2.45, 2.75) is 12.5 Å². The molecule has 1 aromatic heterocycles. The number of benzene rings is 2. The lowest BCUT2D eigenvalue weighted by atomic mass is 10.0. The molecule has 0 bridgehead atoms. The van der Waals surface area contributed by atoms with Crippen LogP contribution in [0, 0.1) is 0 Å². The van der Waals surface area contributed by atoms with Crippen molar-refractivity contribution in [2.24, 2.45) is 0 Å². The molecule has 0 fully saturated rings. The predicted molar refractivity (Wildman–Crippen MR) is 96.4 cm³/mol. The van der Waals surface area contributed by atoms with Gasteiger partial charge in [-0.25, -0.2) is 0 Å². The van der Waals surface area contributed by atoms with Crippen LogP contribution in [-0.4, -0.2) is 29.7 Å². The molecule has 0 aliphatic rings. The Bertz CT molecular complexity index is 865. The summed E-state index contributed by atoms with van der Waals surface area (Å²) < 4.78 is 5.27. The van der Waals surface area contributed by atoms with Gasteiger partial charge in [-0.2, -0.15) is 0 Å². The molecule has 0 saturated heterocycles. The lowest BCUT2D eigenvalue weighted by Crippen LogP contribution is -2.29. The van der Waals surface area contributed by atoms with Gasteiger partial charge < -0.3 is 15.2 Å². The smallest absolute Gasteiger partial charge is 0.224 e. The highest BCUT2D eigenvalue weighted by Gasteiger charge is 2.11. The molecule has 3 rings (SSSR count). The number of rotatable bonds is 6. The number of carbonyl (C=O) groups excluding carboxylic acids is 1. The lowest BCUT2D eigenvalue weighted by molar-refractivity contribution is -0.120. The number of nitrogens with zero attached hydrogens (tertiary/aromatic N) is 1. The summed E-state index contributed by atoms with van der Waals surface area (Å²) in [6, 6.07) is 15.2. The Hall–Kier alpha value is -2.92. The van der Waals surface area contributed by atoms with Gasteiger partial charge in [-0.05, 0) is 34.5 Å². The van der Waals surface area contributed by atoms with Crippen molar-refractivity contribution in [2.75, 3.05) is 13.7 Å². The molecule has 1 amide bonds. The molecule has 1 unspecified atom stereocenters. The van der Waals surface area contributed by atoms with Crippen molar-refractivity contribution in [3.8, 4) is 5.75 Å². The summed E-state index contributed by atoms with van der Waals surface area (Å²) >= 11 is 0. The SMILES string of the molecule is COc1ccc2cccc(CC(=O)NCC(O)c3cccnc3)c2c1. The van der Waals surface area contributed by atoms with Gasteiger partial charge in [-0.1, -0.05) is 30.3 Å². The average Bonchev–Trinajstić information content (AvgIpc) is 2.66. The molecule has 2 N–H and O–H groups in total. The van der Waals surface area contributed by atoms with Crippen molar-refractivity contribution in [1.29, 1.82) is 0 Å². The van der Waals surface area contributed by atoms with E-state index in [4.69, 9.17) is 4.74 Å². The molecule has 5 heteroatoms. The number of amides is 1. The summed E-state index contributed by atoms with van der Waals surface area (Å²) in [5.74, 6) is 0.616. The number of methoxy groups -OCH3 is 1. The minimum atomic E-state index is -0.773. The van der Waals surface area contributed by atoms with Gasteiger partial charge >= 0.3 is 0 Å². The molecule has 0 aliphatic heterocycles. The first-order valence-corrected chi connectivity index (χ1v) is 8.07. The summed E-state index contributed by atoms with van der Waals surface area (Å²) in [6.07, 6.45) is 2.70. The van der Waals surface area contributed by atoms with E-state index in [1.807, 2.05) is 36.4 Å². The van der Waals surface area contributed by atoms with E-state index in [9.17, 15) is 9.90 Å². The minimum Gasteiger partial charge on any atom is -0.497 e. The second kappa shape index (κ2) is 7.77. The van der Waals surface area contributed by atoms with Gasteiger partial charge in [0.05, 0.1) is 19.6 Å². The van der Waals surface area contributed by atoms with Gasteiger partial charge in [0.1, 0.15) is 5.75 Å². The third-order valence-corrected chi connectivity index (χ3v) is 4.09. The lowest BCUT2D eigenvalue weighted by Gasteiger charge is -2.13. The van der Waals surface area contributed by atoms with E-state index in [-0.39, 0.29) is 18.9 Å². The van der Waals surface area contributed by atoms with E-state index in [1.165, 1.54) is 0 Å². The monoisotopic (exact) mass is 336 g/mol. The van der Waals surface area contributed by atoms with Crippen LogP contribution in [0.25, 0.3) is 10.8 Å². The number of aliphatic hydroxyl groups excluding tert-OH is 1. The van der Waals surface area contributed by atoms with Crippen LogP contribution in [0.15, 0.2) is 60.9 Å². The van der Waals surface area contributed by atoms with Crippen molar-refractivity contribution in [1.82, 2.24) is 10.3 Å². The van der Waals surface area contributed by atoms with Gasteiger partial charge in [0, 0.05) is 24.5 Å². The largest absolute Gasteiger partial charge is 0.497 e. The number of hydrogen-bond donors (Lipinski definition) is 2. The maximum absolute atomic E-state index is 12.3. The molecule has 0 spiro atoms.